The Morgan fingerprint density at radius 2 is 1.64 bits per heavy atom. The third-order valence-electron chi connectivity index (χ3n) is 10.3. The van der Waals surface area contributed by atoms with E-state index in [-0.39, 0.29) is 47.9 Å². The molecule has 4 aromatic rings. The molecular weight excluding hydrogens is 622 g/mol. The van der Waals surface area contributed by atoms with Gasteiger partial charge in [-0.2, -0.15) is 0 Å². The van der Waals surface area contributed by atoms with Gasteiger partial charge in [-0.3, -0.25) is 4.79 Å². The Morgan fingerprint density at radius 3 is 2.32 bits per heavy atom. The normalized spacial score (nSPS) is 20.8. The average molecular weight is 674 g/mol. The van der Waals surface area contributed by atoms with Crippen LogP contribution in [0.3, 0.4) is 0 Å². The molecule has 0 saturated carbocycles. The Bertz CT molecular complexity index is 1690. The summed E-state index contributed by atoms with van der Waals surface area (Å²) >= 11 is 0. The van der Waals surface area contributed by atoms with Crippen molar-refractivity contribution >= 4 is 22.8 Å². The number of fused-ring (bicyclic) bond motifs is 2. The predicted octanol–water partition coefficient (Wildman–Crippen LogP) is 6.32. The predicted molar refractivity (Wildman–Crippen MR) is 200 cm³/mol. The van der Waals surface area contributed by atoms with E-state index in [0.717, 1.165) is 31.2 Å². The van der Waals surface area contributed by atoms with Crippen molar-refractivity contribution in [3.63, 3.8) is 0 Å². The van der Waals surface area contributed by atoms with Gasteiger partial charge >= 0.3 is 6.09 Å². The van der Waals surface area contributed by atoms with Gasteiger partial charge in [0.05, 0.1) is 18.3 Å². The summed E-state index contributed by atoms with van der Waals surface area (Å²) in [5, 5.41) is 12.5. The van der Waals surface area contributed by atoms with Crippen LogP contribution in [0.25, 0.3) is 10.8 Å². The van der Waals surface area contributed by atoms with Gasteiger partial charge < -0.3 is 31.3 Å². The molecule has 4 aromatic carbocycles. The fourth-order valence-electron chi connectivity index (χ4n) is 7.72. The highest BCUT2D eigenvalue weighted by Crippen LogP contribution is 2.38. The largest absolute Gasteiger partial charge is 0.450 e. The van der Waals surface area contributed by atoms with E-state index in [1.807, 2.05) is 19.1 Å². The quantitative estimate of drug-likeness (QED) is 0.0867. The fourth-order valence-corrected chi connectivity index (χ4v) is 7.72. The third-order valence-corrected chi connectivity index (χ3v) is 10.3. The van der Waals surface area contributed by atoms with Crippen LogP contribution >= 0.6 is 0 Å². The summed E-state index contributed by atoms with van der Waals surface area (Å²) in [5.41, 5.74) is 9.32. The molecule has 2 amide bonds. The number of benzene rings is 4. The van der Waals surface area contributed by atoms with Gasteiger partial charge in [-0.05, 0) is 65.5 Å². The summed E-state index contributed by atoms with van der Waals surface area (Å²) < 4.78 is 5.56. The first-order chi connectivity index (χ1) is 24.4. The van der Waals surface area contributed by atoms with E-state index in [2.05, 4.69) is 118 Å². The summed E-state index contributed by atoms with van der Waals surface area (Å²) in [6.45, 7) is 7.96. The third kappa shape index (κ3) is 8.85. The second-order valence-electron chi connectivity index (χ2n) is 13.8. The lowest BCUT2D eigenvalue weighted by atomic mass is 9.81. The zero-order valence-electron chi connectivity index (χ0n) is 29.1. The molecule has 0 bridgehead atoms. The maximum atomic E-state index is 14.6. The van der Waals surface area contributed by atoms with Gasteiger partial charge in [0.15, 0.2) is 0 Å². The van der Waals surface area contributed by atoms with Crippen molar-refractivity contribution < 1.29 is 14.3 Å². The van der Waals surface area contributed by atoms with Gasteiger partial charge in [-0.15, -0.1) is 0 Å². The van der Waals surface area contributed by atoms with Gasteiger partial charge in [0.1, 0.15) is 0 Å². The van der Waals surface area contributed by atoms with Gasteiger partial charge in [0.2, 0.25) is 5.91 Å². The highest BCUT2D eigenvalue weighted by atomic mass is 16.5. The van der Waals surface area contributed by atoms with Crippen molar-refractivity contribution in [3.8, 4) is 0 Å². The van der Waals surface area contributed by atoms with Crippen molar-refractivity contribution in [2.24, 2.45) is 17.6 Å². The number of carbonyl (C=O) groups excluding carboxylic acids is 2. The van der Waals surface area contributed by atoms with E-state index in [4.69, 9.17) is 10.5 Å². The first-order valence-electron chi connectivity index (χ1n) is 18.1. The number of amides is 2. The molecule has 0 spiro atoms. The molecule has 5 atom stereocenters. The van der Waals surface area contributed by atoms with Crippen LogP contribution in [0.5, 0.6) is 0 Å². The van der Waals surface area contributed by atoms with Crippen LogP contribution < -0.4 is 21.7 Å². The molecule has 0 aliphatic carbocycles. The topological polar surface area (TPSA) is 119 Å². The highest BCUT2D eigenvalue weighted by molar-refractivity contribution is 5.83. The number of likely N-dealkylation sites (tertiary alicyclic amines) is 1. The SMILES string of the molecule is C=C(N)NCCC[C@H]1C(=O)N(CC(c2ccccc2)c2ccccc2)CC[C@H]([C@H](Cc2ccc3ccccc3c2)NC(=O)OCCC)C2NC21. The van der Waals surface area contributed by atoms with Crippen LogP contribution in [-0.2, 0) is 16.0 Å². The van der Waals surface area contributed by atoms with Crippen LogP contribution in [0.2, 0.25) is 0 Å². The molecule has 2 aliphatic heterocycles. The molecule has 5 N–H and O–H groups in total. The van der Waals surface area contributed by atoms with Crippen LogP contribution in [-0.4, -0.2) is 61.3 Å². The summed E-state index contributed by atoms with van der Waals surface area (Å²) in [6, 6.07) is 35.8. The first kappa shape index (κ1) is 35.0. The first-order valence-corrected chi connectivity index (χ1v) is 18.1. The van der Waals surface area contributed by atoms with E-state index in [1.54, 1.807) is 0 Å². The minimum atomic E-state index is -0.386. The average Bonchev–Trinajstić information content (AvgIpc) is 3.91. The van der Waals surface area contributed by atoms with E-state index in [9.17, 15) is 9.59 Å². The van der Waals surface area contributed by atoms with Crippen molar-refractivity contribution in [2.45, 2.75) is 63.1 Å². The zero-order valence-corrected chi connectivity index (χ0v) is 29.1. The summed E-state index contributed by atoms with van der Waals surface area (Å²) in [6.07, 6.45) is 3.30. The van der Waals surface area contributed by atoms with Gasteiger partial charge in [-0.25, -0.2) is 4.79 Å². The minimum absolute atomic E-state index is 0.0239. The molecule has 6 rings (SSSR count). The summed E-state index contributed by atoms with van der Waals surface area (Å²) in [7, 11) is 0. The van der Waals surface area contributed by atoms with Crippen LogP contribution in [0.1, 0.15) is 55.2 Å². The number of hydrogen-bond donors (Lipinski definition) is 4. The van der Waals surface area contributed by atoms with Crippen molar-refractivity contribution in [2.75, 3.05) is 26.2 Å². The molecule has 2 aliphatic rings. The van der Waals surface area contributed by atoms with Crippen molar-refractivity contribution in [1.29, 1.82) is 0 Å². The minimum Gasteiger partial charge on any atom is -0.450 e. The molecule has 2 unspecified atom stereocenters. The fraction of sp³-hybridized carbons (Fsp3) is 0.381. The number of nitrogens with two attached hydrogens (primary N) is 1. The van der Waals surface area contributed by atoms with E-state index >= 15 is 0 Å². The molecule has 262 valence electrons. The molecule has 8 nitrogen and oxygen atoms in total. The number of carbonyl (C=O) groups is 2. The lowest BCUT2D eigenvalue weighted by Crippen LogP contribution is -2.49. The molecule has 0 aromatic heterocycles. The van der Waals surface area contributed by atoms with E-state index in [1.165, 1.54) is 21.9 Å². The Kier molecular flexibility index (Phi) is 11.7. The van der Waals surface area contributed by atoms with Crippen LogP contribution in [0, 0.1) is 11.8 Å². The van der Waals surface area contributed by atoms with E-state index in [0.29, 0.717) is 38.5 Å². The Morgan fingerprint density at radius 1 is 0.960 bits per heavy atom. The number of rotatable bonds is 15. The van der Waals surface area contributed by atoms with Gasteiger partial charge in [0, 0.05) is 43.7 Å². The number of nitrogens with one attached hydrogen (secondary N) is 3. The van der Waals surface area contributed by atoms with Crippen molar-refractivity contribution in [3.05, 3.63) is 132 Å². The van der Waals surface area contributed by atoms with Crippen LogP contribution in [0.15, 0.2) is 116 Å². The number of ether oxygens (including phenoxy) is 1. The molecule has 2 heterocycles. The van der Waals surface area contributed by atoms with Gasteiger partial charge in [0.25, 0.3) is 0 Å². The smallest absolute Gasteiger partial charge is 0.407 e. The molecular formula is C42H51N5O3. The van der Waals surface area contributed by atoms with Gasteiger partial charge in [-0.1, -0.05) is 117 Å². The monoisotopic (exact) mass is 673 g/mol. The second kappa shape index (κ2) is 16.7. The second-order valence-corrected chi connectivity index (χ2v) is 13.8. The molecule has 8 heteroatoms. The Balaban J connectivity index is 1.30. The van der Waals surface area contributed by atoms with Crippen molar-refractivity contribution in [1.82, 2.24) is 20.9 Å². The molecule has 2 saturated heterocycles. The number of alkyl carbamates (subject to hydrolysis) is 1. The highest BCUT2D eigenvalue weighted by Gasteiger charge is 2.53. The molecule has 50 heavy (non-hydrogen) atoms. The summed E-state index contributed by atoms with van der Waals surface area (Å²) in [4.78, 5) is 29.8. The lowest BCUT2D eigenvalue weighted by Gasteiger charge is -2.36. The Labute approximate surface area is 296 Å². The zero-order chi connectivity index (χ0) is 34.9. The van der Waals surface area contributed by atoms with E-state index < -0.39 is 0 Å². The number of nitrogens with zero attached hydrogens (tertiary/aromatic N) is 1. The Hall–Kier alpha value is -4.82. The lowest BCUT2D eigenvalue weighted by molar-refractivity contribution is -0.136. The molecule has 2 fully saturated rings. The standard InChI is InChI=1S/C42H51N5O3/c1-3-25-50-42(49)45-38(27-30-20-21-31-13-10-11-18-34(31)26-30)35-22-24-47(41(48)36(40-39(35)46-40)19-12-23-44-29(2)43)28-37(32-14-6-4-7-15-32)33-16-8-5-9-17-33/h4-11,13-18,20-21,26,35-40,44,46H,2-3,12,19,22-25,27-28,43H2,1H3,(H,45,49)/t35-,36-,38+,39?,40?/m1/s1. The number of hydrogen-bond acceptors (Lipinski definition) is 6. The maximum Gasteiger partial charge on any atom is 0.407 e. The summed E-state index contributed by atoms with van der Waals surface area (Å²) in [5.74, 6) is 0.543. The molecule has 0 radical (unpaired) electrons. The van der Waals surface area contributed by atoms with Crippen LogP contribution in [0.4, 0.5) is 4.79 Å². The maximum absolute atomic E-state index is 14.6.